The maximum atomic E-state index is 13.9. The Bertz CT molecular complexity index is 1370. The third-order valence-corrected chi connectivity index (χ3v) is 8.35. The predicted octanol–water partition coefficient (Wildman–Crippen LogP) is 4.75. The van der Waals surface area contributed by atoms with Crippen molar-refractivity contribution in [2.45, 2.75) is 31.3 Å². The minimum absolute atomic E-state index is 0.00354. The molecular weight excluding hydrogens is 549 g/mol. The molecule has 2 amide bonds. The normalized spacial score (nSPS) is 11.9. The zero-order valence-corrected chi connectivity index (χ0v) is 23.6. The van der Waals surface area contributed by atoms with Gasteiger partial charge in [0, 0.05) is 28.7 Å². The first-order valence-electron chi connectivity index (χ1n) is 11.8. The molecule has 1 N–H and O–H groups in total. The molecule has 0 aliphatic carbocycles. The zero-order chi connectivity index (χ0) is 27.9. The molecule has 3 aromatic carbocycles. The van der Waals surface area contributed by atoms with E-state index in [4.69, 9.17) is 27.9 Å². The second-order valence-corrected chi connectivity index (χ2v) is 11.0. The third-order valence-electron chi connectivity index (χ3n) is 5.87. The lowest BCUT2D eigenvalue weighted by atomic mass is 10.1. The number of benzene rings is 3. The molecule has 0 spiro atoms. The Hall–Kier alpha value is -3.27. The molecule has 0 aromatic heterocycles. The summed E-state index contributed by atoms with van der Waals surface area (Å²) >= 11 is 12.7. The largest absolute Gasteiger partial charge is 0.495 e. The number of nitrogens with zero attached hydrogens (tertiary/aromatic N) is 2. The quantitative estimate of drug-likeness (QED) is 0.354. The van der Waals surface area contributed by atoms with Crippen molar-refractivity contribution < 1.29 is 22.7 Å². The van der Waals surface area contributed by atoms with Crippen LogP contribution in [-0.4, -0.2) is 51.4 Å². The van der Waals surface area contributed by atoms with Crippen LogP contribution in [0.5, 0.6) is 5.75 Å². The van der Waals surface area contributed by atoms with E-state index in [0.29, 0.717) is 22.2 Å². The summed E-state index contributed by atoms with van der Waals surface area (Å²) in [6, 6.07) is 18.2. The van der Waals surface area contributed by atoms with Crippen molar-refractivity contribution >= 4 is 50.7 Å². The van der Waals surface area contributed by atoms with E-state index in [1.165, 1.54) is 24.1 Å². The summed E-state index contributed by atoms with van der Waals surface area (Å²) in [5.74, 6) is -0.777. The Morgan fingerprint density at radius 2 is 1.55 bits per heavy atom. The van der Waals surface area contributed by atoms with Crippen LogP contribution in [0.2, 0.25) is 10.0 Å². The van der Waals surface area contributed by atoms with E-state index in [9.17, 15) is 18.0 Å². The average Bonchev–Trinajstić information content (AvgIpc) is 2.91. The van der Waals surface area contributed by atoms with Crippen LogP contribution in [0.15, 0.2) is 77.7 Å². The summed E-state index contributed by atoms with van der Waals surface area (Å²) in [5, 5.41) is 3.34. The molecule has 3 aromatic rings. The molecule has 0 saturated carbocycles. The summed E-state index contributed by atoms with van der Waals surface area (Å²) in [6.07, 6.45) is 0. The van der Waals surface area contributed by atoms with Crippen LogP contribution in [0.25, 0.3) is 0 Å². The lowest BCUT2D eigenvalue weighted by Gasteiger charge is -2.32. The molecule has 0 aliphatic rings. The summed E-state index contributed by atoms with van der Waals surface area (Å²) in [4.78, 5) is 28.0. The smallest absolute Gasteiger partial charge is 0.264 e. The number of sulfonamides is 1. The first-order chi connectivity index (χ1) is 18.1. The van der Waals surface area contributed by atoms with Gasteiger partial charge in [-0.3, -0.25) is 13.9 Å². The first-order valence-corrected chi connectivity index (χ1v) is 14.0. The molecule has 0 aliphatic heterocycles. The van der Waals surface area contributed by atoms with Crippen LogP contribution >= 0.6 is 23.2 Å². The van der Waals surface area contributed by atoms with Gasteiger partial charge in [-0.15, -0.1) is 0 Å². The Morgan fingerprint density at radius 3 is 2.16 bits per heavy atom. The van der Waals surface area contributed by atoms with E-state index in [-0.39, 0.29) is 22.9 Å². The van der Waals surface area contributed by atoms with E-state index < -0.39 is 34.4 Å². The van der Waals surface area contributed by atoms with Crippen LogP contribution in [0.3, 0.4) is 0 Å². The van der Waals surface area contributed by atoms with Crippen molar-refractivity contribution in [1.29, 1.82) is 0 Å². The standard InChI is InChI=1S/C27H29Cl2N3O5S/c1-4-30-27(34)19(2)31(17-21-22(28)13-10-14-23(21)29)26(33)18-32(24-15-8-9-16-25(24)37-3)38(35,36)20-11-6-5-7-12-20/h5-16,19H,4,17-18H2,1-3H3,(H,30,34)/t19-/m0/s1. The highest BCUT2D eigenvalue weighted by Crippen LogP contribution is 2.33. The number of rotatable bonds is 11. The number of likely N-dealkylation sites (N-methyl/N-ethyl adjacent to an activating group) is 1. The number of amides is 2. The molecule has 0 saturated heterocycles. The highest BCUT2D eigenvalue weighted by molar-refractivity contribution is 7.92. The number of nitrogens with one attached hydrogen (secondary N) is 1. The molecule has 0 heterocycles. The Labute approximate surface area is 233 Å². The van der Waals surface area contributed by atoms with Crippen molar-refractivity contribution in [2.24, 2.45) is 0 Å². The van der Waals surface area contributed by atoms with Crippen molar-refractivity contribution in [1.82, 2.24) is 10.2 Å². The number of anilines is 1. The van der Waals surface area contributed by atoms with Crippen LogP contribution in [0.1, 0.15) is 19.4 Å². The fourth-order valence-corrected chi connectivity index (χ4v) is 5.79. The minimum atomic E-state index is -4.21. The Morgan fingerprint density at radius 1 is 0.947 bits per heavy atom. The SMILES string of the molecule is CCNC(=O)[C@H](C)N(Cc1c(Cl)cccc1Cl)C(=O)CN(c1ccccc1OC)S(=O)(=O)c1ccccc1. The molecule has 0 fully saturated rings. The number of methoxy groups -OCH3 is 1. The molecule has 0 radical (unpaired) electrons. The number of hydrogen-bond donors (Lipinski definition) is 1. The van der Waals surface area contributed by atoms with Crippen molar-refractivity contribution in [3.8, 4) is 5.75 Å². The number of carbonyl (C=O) groups is 2. The minimum Gasteiger partial charge on any atom is -0.495 e. The van der Waals surface area contributed by atoms with Gasteiger partial charge in [0.05, 0.1) is 17.7 Å². The maximum absolute atomic E-state index is 13.9. The highest BCUT2D eigenvalue weighted by Gasteiger charge is 2.34. The van der Waals surface area contributed by atoms with E-state index >= 15 is 0 Å². The van der Waals surface area contributed by atoms with Gasteiger partial charge in [-0.2, -0.15) is 0 Å². The average molecular weight is 579 g/mol. The van der Waals surface area contributed by atoms with E-state index in [2.05, 4.69) is 5.32 Å². The van der Waals surface area contributed by atoms with Gasteiger partial charge >= 0.3 is 0 Å². The van der Waals surface area contributed by atoms with Crippen LogP contribution < -0.4 is 14.4 Å². The van der Waals surface area contributed by atoms with Crippen molar-refractivity contribution in [3.05, 3.63) is 88.4 Å². The van der Waals surface area contributed by atoms with E-state index in [1.807, 2.05) is 0 Å². The molecule has 3 rings (SSSR count). The van der Waals surface area contributed by atoms with Gasteiger partial charge in [-0.05, 0) is 50.2 Å². The number of halogens is 2. The van der Waals surface area contributed by atoms with Gasteiger partial charge in [0.15, 0.2) is 0 Å². The molecule has 8 nitrogen and oxygen atoms in total. The predicted molar refractivity (Wildman–Crippen MR) is 149 cm³/mol. The monoisotopic (exact) mass is 577 g/mol. The summed E-state index contributed by atoms with van der Waals surface area (Å²) in [5.41, 5.74) is 0.615. The summed E-state index contributed by atoms with van der Waals surface area (Å²) in [7, 11) is -2.79. The fourth-order valence-electron chi connectivity index (χ4n) is 3.83. The Kier molecular flexibility index (Phi) is 10.0. The van der Waals surface area contributed by atoms with Crippen molar-refractivity contribution in [3.63, 3.8) is 0 Å². The summed E-state index contributed by atoms with van der Waals surface area (Å²) < 4.78 is 34.0. The molecule has 1 atom stereocenters. The third kappa shape index (κ3) is 6.59. The number of hydrogen-bond acceptors (Lipinski definition) is 5. The van der Waals surface area contributed by atoms with Gasteiger partial charge < -0.3 is 15.0 Å². The second-order valence-electron chi connectivity index (χ2n) is 8.29. The molecule has 0 bridgehead atoms. The molecule has 0 unspecified atom stereocenters. The molecule has 11 heteroatoms. The van der Waals surface area contributed by atoms with Gasteiger partial charge in [-0.1, -0.05) is 59.6 Å². The van der Waals surface area contributed by atoms with Crippen LogP contribution in [0, 0.1) is 0 Å². The number of para-hydroxylation sites is 2. The highest BCUT2D eigenvalue weighted by atomic mass is 35.5. The molecule has 202 valence electrons. The lowest BCUT2D eigenvalue weighted by Crippen LogP contribution is -2.51. The van der Waals surface area contributed by atoms with E-state index in [0.717, 1.165) is 4.31 Å². The maximum Gasteiger partial charge on any atom is 0.264 e. The van der Waals surface area contributed by atoms with E-state index in [1.54, 1.807) is 74.5 Å². The van der Waals surface area contributed by atoms with Crippen LogP contribution in [0.4, 0.5) is 5.69 Å². The second kappa shape index (κ2) is 13.0. The topological polar surface area (TPSA) is 96.0 Å². The fraction of sp³-hybridized carbons (Fsp3) is 0.259. The first kappa shape index (κ1) is 29.3. The lowest BCUT2D eigenvalue weighted by molar-refractivity contribution is -0.139. The molecular formula is C27H29Cl2N3O5S. The van der Waals surface area contributed by atoms with Gasteiger partial charge in [0.2, 0.25) is 11.8 Å². The van der Waals surface area contributed by atoms with Crippen LogP contribution in [-0.2, 0) is 26.2 Å². The van der Waals surface area contributed by atoms with Gasteiger partial charge in [0.25, 0.3) is 10.0 Å². The summed E-state index contributed by atoms with van der Waals surface area (Å²) in [6.45, 7) is 2.96. The van der Waals surface area contributed by atoms with Gasteiger partial charge in [-0.25, -0.2) is 8.42 Å². The number of carbonyl (C=O) groups excluding carboxylic acids is 2. The van der Waals surface area contributed by atoms with Crippen molar-refractivity contribution in [2.75, 3.05) is 24.5 Å². The van der Waals surface area contributed by atoms with Gasteiger partial charge in [0.1, 0.15) is 18.3 Å². The Balaban J connectivity index is 2.09. The zero-order valence-electron chi connectivity index (χ0n) is 21.2. The molecule has 38 heavy (non-hydrogen) atoms. The number of ether oxygens (including phenoxy) is 1.